The van der Waals surface area contributed by atoms with E-state index in [1.54, 1.807) is 21.6 Å². The second kappa shape index (κ2) is 7.12. The van der Waals surface area contributed by atoms with E-state index in [2.05, 4.69) is 50.4 Å². The largest absolute Gasteiger partial charge is 0.361 e. The molecular formula is C24H19N7O. The Labute approximate surface area is 182 Å². The normalized spacial score (nSPS) is 11.7. The summed E-state index contributed by atoms with van der Waals surface area (Å²) in [7, 11) is 0. The smallest absolute Gasteiger partial charge is 0.283 e. The molecule has 4 heterocycles. The van der Waals surface area contributed by atoms with Crippen LogP contribution in [0.3, 0.4) is 0 Å². The molecule has 0 atom stereocenters. The third-order valence-corrected chi connectivity index (χ3v) is 5.81. The van der Waals surface area contributed by atoms with Crippen LogP contribution in [0.25, 0.3) is 38.8 Å². The molecule has 0 radical (unpaired) electrons. The second-order valence-corrected chi connectivity index (χ2v) is 7.89. The third-order valence-electron chi connectivity index (χ3n) is 5.81. The van der Waals surface area contributed by atoms with Crippen LogP contribution < -0.4 is 5.56 Å². The summed E-state index contributed by atoms with van der Waals surface area (Å²) < 4.78 is 3.16. The van der Waals surface area contributed by atoms with Crippen molar-refractivity contribution >= 4 is 27.7 Å². The zero-order valence-electron chi connectivity index (χ0n) is 17.4. The number of rotatable bonds is 4. The maximum Gasteiger partial charge on any atom is 0.283 e. The van der Waals surface area contributed by atoms with E-state index in [1.165, 1.54) is 10.9 Å². The maximum absolute atomic E-state index is 13.1. The molecule has 6 rings (SSSR count). The lowest BCUT2D eigenvalue weighted by molar-refractivity contribution is 0.659. The molecule has 1 N–H and O–H groups in total. The van der Waals surface area contributed by atoms with E-state index in [4.69, 9.17) is 0 Å². The van der Waals surface area contributed by atoms with Gasteiger partial charge < -0.3 is 4.98 Å². The van der Waals surface area contributed by atoms with Crippen molar-refractivity contribution in [3.05, 3.63) is 88.7 Å². The Morgan fingerprint density at radius 1 is 1.03 bits per heavy atom. The van der Waals surface area contributed by atoms with Crippen molar-refractivity contribution in [3.63, 3.8) is 0 Å². The summed E-state index contributed by atoms with van der Waals surface area (Å²) in [5.41, 5.74) is 6.25. The molecule has 0 saturated carbocycles. The predicted molar refractivity (Wildman–Crippen MR) is 123 cm³/mol. The van der Waals surface area contributed by atoms with E-state index in [-0.39, 0.29) is 11.1 Å². The first-order valence-corrected chi connectivity index (χ1v) is 10.4. The van der Waals surface area contributed by atoms with Crippen LogP contribution in [-0.2, 0) is 13.0 Å². The molecule has 0 aliphatic carbocycles. The SMILES string of the molecule is Cc1ccc2[nH]cc(CCn3cnc4c(nnc5c(-c6ccccc6)cnn54)c3=O)c2c1. The molecule has 6 aromatic rings. The monoisotopic (exact) mass is 421 g/mol. The van der Waals surface area contributed by atoms with Gasteiger partial charge in [-0.3, -0.25) is 9.36 Å². The lowest BCUT2D eigenvalue weighted by Gasteiger charge is -2.07. The predicted octanol–water partition coefficient (Wildman–Crippen LogP) is 3.53. The summed E-state index contributed by atoms with van der Waals surface area (Å²) in [6, 6.07) is 16.2. The topological polar surface area (TPSA) is 93.8 Å². The number of hydrogen-bond donors (Lipinski definition) is 1. The first-order valence-electron chi connectivity index (χ1n) is 10.4. The highest BCUT2D eigenvalue weighted by molar-refractivity contribution is 5.84. The maximum atomic E-state index is 13.1. The Bertz CT molecular complexity index is 1660. The minimum atomic E-state index is -0.225. The molecule has 0 aliphatic heterocycles. The van der Waals surface area contributed by atoms with E-state index in [0.717, 1.165) is 22.2 Å². The zero-order valence-corrected chi connectivity index (χ0v) is 17.4. The average molecular weight is 421 g/mol. The summed E-state index contributed by atoms with van der Waals surface area (Å²) >= 11 is 0. The highest BCUT2D eigenvalue weighted by Gasteiger charge is 2.15. The molecule has 2 aromatic carbocycles. The fourth-order valence-electron chi connectivity index (χ4n) is 4.12. The van der Waals surface area contributed by atoms with E-state index in [1.807, 2.05) is 36.5 Å². The number of nitrogens with one attached hydrogen (secondary N) is 1. The number of fused-ring (bicyclic) bond motifs is 4. The van der Waals surface area contributed by atoms with Gasteiger partial charge in [-0.15, -0.1) is 10.2 Å². The van der Waals surface area contributed by atoms with Gasteiger partial charge in [0.1, 0.15) is 6.33 Å². The van der Waals surface area contributed by atoms with Crippen molar-refractivity contribution in [2.75, 3.05) is 0 Å². The lowest BCUT2D eigenvalue weighted by atomic mass is 10.1. The Hall–Kier alpha value is -4.33. The van der Waals surface area contributed by atoms with Crippen LogP contribution >= 0.6 is 0 Å². The molecule has 8 heteroatoms. The minimum absolute atomic E-state index is 0.206. The molecule has 4 aromatic heterocycles. The van der Waals surface area contributed by atoms with Crippen molar-refractivity contribution in [2.45, 2.75) is 19.9 Å². The molecule has 8 nitrogen and oxygen atoms in total. The molecule has 32 heavy (non-hydrogen) atoms. The van der Waals surface area contributed by atoms with E-state index >= 15 is 0 Å². The van der Waals surface area contributed by atoms with Gasteiger partial charge in [-0.25, -0.2) is 4.98 Å². The molecule has 0 fully saturated rings. The number of nitrogens with zero attached hydrogens (tertiary/aromatic N) is 6. The van der Waals surface area contributed by atoms with Gasteiger partial charge in [-0.05, 0) is 36.6 Å². The standard InChI is InChI=1S/C24H19N7O/c1-15-7-8-20-18(11-15)17(12-25-20)9-10-30-14-26-23-21(24(30)32)28-29-22-19(13-27-31(22)23)16-5-3-2-4-6-16/h2-8,11-14,25H,9-10H2,1H3. The van der Waals surface area contributed by atoms with Crippen LogP contribution in [0.1, 0.15) is 11.1 Å². The Morgan fingerprint density at radius 3 is 2.78 bits per heavy atom. The van der Waals surface area contributed by atoms with Crippen LogP contribution in [0, 0.1) is 6.92 Å². The van der Waals surface area contributed by atoms with Gasteiger partial charge in [-0.1, -0.05) is 42.0 Å². The van der Waals surface area contributed by atoms with E-state index in [9.17, 15) is 4.79 Å². The first-order chi connectivity index (χ1) is 15.7. The number of hydrogen-bond acceptors (Lipinski definition) is 5. The van der Waals surface area contributed by atoms with Gasteiger partial charge in [0.15, 0.2) is 16.8 Å². The molecular weight excluding hydrogens is 402 g/mol. The number of aromatic amines is 1. The van der Waals surface area contributed by atoms with Crippen molar-refractivity contribution in [2.24, 2.45) is 0 Å². The Kier molecular flexibility index (Phi) is 4.10. The van der Waals surface area contributed by atoms with Crippen LogP contribution in [-0.4, -0.2) is 34.3 Å². The van der Waals surface area contributed by atoms with Crippen LogP contribution in [0.5, 0.6) is 0 Å². The lowest BCUT2D eigenvalue weighted by Crippen LogP contribution is -2.23. The van der Waals surface area contributed by atoms with Crippen molar-refractivity contribution in [3.8, 4) is 11.1 Å². The van der Waals surface area contributed by atoms with Gasteiger partial charge in [0.2, 0.25) is 0 Å². The van der Waals surface area contributed by atoms with Crippen molar-refractivity contribution < 1.29 is 0 Å². The fourth-order valence-corrected chi connectivity index (χ4v) is 4.12. The summed E-state index contributed by atoms with van der Waals surface area (Å²) in [5, 5.41) is 14.1. The molecule has 0 unspecified atom stereocenters. The van der Waals surface area contributed by atoms with Crippen LogP contribution in [0.4, 0.5) is 0 Å². The van der Waals surface area contributed by atoms with Crippen LogP contribution in [0.15, 0.2) is 72.0 Å². The molecule has 0 bridgehead atoms. The first kappa shape index (κ1) is 18.4. The van der Waals surface area contributed by atoms with Gasteiger partial charge in [0, 0.05) is 29.2 Å². The summed E-state index contributed by atoms with van der Waals surface area (Å²) in [6.07, 6.45) is 5.99. The zero-order chi connectivity index (χ0) is 21.7. The summed E-state index contributed by atoms with van der Waals surface area (Å²) in [4.78, 5) is 20.9. The molecule has 156 valence electrons. The number of benzene rings is 2. The third kappa shape index (κ3) is 2.88. The number of H-pyrrole nitrogens is 1. The van der Waals surface area contributed by atoms with Crippen LogP contribution in [0.2, 0.25) is 0 Å². The number of aromatic nitrogens is 7. The number of aryl methyl sites for hydroxylation is 3. The van der Waals surface area contributed by atoms with Gasteiger partial charge >= 0.3 is 0 Å². The fraction of sp³-hybridized carbons (Fsp3) is 0.125. The van der Waals surface area contributed by atoms with Gasteiger partial charge in [-0.2, -0.15) is 9.61 Å². The molecule has 0 saturated heterocycles. The van der Waals surface area contributed by atoms with Crippen molar-refractivity contribution in [1.29, 1.82) is 0 Å². The highest BCUT2D eigenvalue weighted by atomic mass is 16.1. The van der Waals surface area contributed by atoms with Gasteiger partial charge in [0.25, 0.3) is 5.56 Å². The Balaban J connectivity index is 1.37. The Morgan fingerprint density at radius 2 is 1.91 bits per heavy atom. The van der Waals surface area contributed by atoms with Crippen molar-refractivity contribution in [1.82, 2.24) is 34.3 Å². The summed E-state index contributed by atoms with van der Waals surface area (Å²) in [5.74, 6) is 0. The second-order valence-electron chi connectivity index (χ2n) is 7.89. The average Bonchev–Trinajstić information content (AvgIpc) is 3.43. The van der Waals surface area contributed by atoms with E-state index < -0.39 is 0 Å². The molecule has 0 aliphatic rings. The molecule has 0 amide bonds. The molecule has 0 spiro atoms. The van der Waals surface area contributed by atoms with E-state index in [0.29, 0.717) is 24.3 Å². The quantitative estimate of drug-likeness (QED) is 0.470. The van der Waals surface area contributed by atoms with Gasteiger partial charge in [0.05, 0.1) is 6.20 Å². The summed E-state index contributed by atoms with van der Waals surface area (Å²) in [6.45, 7) is 2.57. The highest BCUT2D eigenvalue weighted by Crippen LogP contribution is 2.24. The minimum Gasteiger partial charge on any atom is -0.361 e.